The summed E-state index contributed by atoms with van der Waals surface area (Å²) in [6.45, 7) is 1.76. The van der Waals surface area contributed by atoms with Gasteiger partial charge in [-0.15, -0.1) is 0 Å². The molecular formula is C10H10F3N3O4. The zero-order valence-corrected chi connectivity index (χ0v) is 10.4. The number of rotatable bonds is 4. The van der Waals surface area contributed by atoms with Gasteiger partial charge >= 0.3 is 12.1 Å². The van der Waals surface area contributed by atoms with Crippen molar-refractivity contribution in [2.75, 3.05) is 5.32 Å². The molecule has 20 heavy (non-hydrogen) atoms. The first-order chi connectivity index (χ1) is 8.99. The second-order valence-electron chi connectivity index (χ2n) is 4.17. The summed E-state index contributed by atoms with van der Waals surface area (Å²) in [7, 11) is 0. The molecule has 1 aromatic rings. The Hall–Kier alpha value is -2.39. The maximum atomic E-state index is 12.8. The first-order valence-electron chi connectivity index (χ1n) is 5.18. The number of alkyl halides is 3. The third kappa shape index (κ3) is 2.78. The lowest BCUT2D eigenvalue weighted by Crippen LogP contribution is -2.55. The number of nitrogens with zero attached hydrogens (tertiary/aromatic N) is 2. The van der Waals surface area contributed by atoms with Crippen molar-refractivity contribution in [3.63, 3.8) is 0 Å². The first kappa shape index (κ1) is 15.7. The predicted molar refractivity (Wildman–Crippen MR) is 61.3 cm³/mol. The smallest absolute Gasteiger partial charge is 0.422 e. The Bertz CT molecular complexity index is 561. The molecule has 1 aromatic heterocycles. The number of hydrogen-bond acceptors (Lipinski definition) is 5. The number of nitro groups is 1. The molecule has 0 aliphatic carbocycles. The van der Waals surface area contributed by atoms with Crippen molar-refractivity contribution >= 4 is 17.5 Å². The third-order valence-electron chi connectivity index (χ3n) is 2.64. The molecule has 1 heterocycles. The summed E-state index contributed by atoms with van der Waals surface area (Å²) < 4.78 is 38.3. The van der Waals surface area contributed by atoms with E-state index in [9.17, 15) is 28.1 Å². The monoisotopic (exact) mass is 293 g/mol. The molecule has 1 atom stereocenters. The lowest BCUT2D eigenvalue weighted by atomic mass is 10.0. The molecule has 0 spiro atoms. The van der Waals surface area contributed by atoms with Crippen LogP contribution in [0.25, 0.3) is 0 Å². The second-order valence-corrected chi connectivity index (χ2v) is 4.17. The average molecular weight is 293 g/mol. The van der Waals surface area contributed by atoms with Crippen LogP contribution < -0.4 is 5.32 Å². The molecule has 0 bridgehead atoms. The quantitative estimate of drug-likeness (QED) is 0.650. The van der Waals surface area contributed by atoms with Crippen LogP contribution in [-0.4, -0.2) is 32.7 Å². The maximum Gasteiger partial charge on any atom is 0.422 e. The third-order valence-corrected chi connectivity index (χ3v) is 2.64. The summed E-state index contributed by atoms with van der Waals surface area (Å²) in [4.78, 5) is 24.2. The molecule has 0 fully saturated rings. The topological polar surface area (TPSA) is 105 Å². The Morgan fingerprint density at radius 2 is 2.05 bits per heavy atom. The van der Waals surface area contributed by atoms with Crippen LogP contribution >= 0.6 is 0 Å². The average Bonchev–Trinajstić information content (AvgIpc) is 2.29. The van der Waals surface area contributed by atoms with Crippen LogP contribution in [0.5, 0.6) is 0 Å². The largest absolute Gasteiger partial charge is 0.479 e. The molecule has 10 heteroatoms. The van der Waals surface area contributed by atoms with E-state index in [4.69, 9.17) is 5.11 Å². The van der Waals surface area contributed by atoms with Crippen molar-refractivity contribution in [1.82, 2.24) is 4.98 Å². The number of anilines is 1. The summed E-state index contributed by atoms with van der Waals surface area (Å²) >= 11 is 0. The summed E-state index contributed by atoms with van der Waals surface area (Å²) in [5, 5.41) is 21.1. The number of nitrogens with one attached hydrogen (secondary N) is 1. The van der Waals surface area contributed by atoms with Crippen LogP contribution in [0.4, 0.5) is 24.7 Å². The number of hydrogen-bond donors (Lipinski definition) is 2. The van der Waals surface area contributed by atoms with Gasteiger partial charge in [-0.25, -0.2) is 9.78 Å². The molecule has 2 N–H and O–H groups in total. The first-order valence-corrected chi connectivity index (χ1v) is 5.18. The fourth-order valence-corrected chi connectivity index (χ4v) is 1.28. The van der Waals surface area contributed by atoms with Crippen LogP contribution in [0.2, 0.25) is 0 Å². The van der Waals surface area contributed by atoms with E-state index in [-0.39, 0.29) is 5.56 Å². The highest BCUT2D eigenvalue weighted by Gasteiger charge is 2.57. The fraction of sp³-hybridized carbons (Fsp3) is 0.400. The molecule has 0 aliphatic heterocycles. The van der Waals surface area contributed by atoms with Crippen molar-refractivity contribution in [3.8, 4) is 0 Å². The normalized spacial score (nSPS) is 14.4. The van der Waals surface area contributed by atoms with Crippen LogP contribution in [0.15, 0.2) is 12.3 Å². The van der Waals surface area contributed by atoms with Gasteiger partial charge in [0, 0.05) is 11.8 Å². The van der Waals surface area contributed by atoms with Crippen molar-refractivity contribution in [2.45, 2.75) is 25.6 Å². The van der Waals surface area contributed by atoms with Gasteiger partial charge in [0.25, 0.3) is 5.69 Å². The van der Waals surface area contributed by atoms with Crippen molar-refractivity contribution in [1.29, 1.82) is 0 Å². The number of halogens is 3. The van der Waals surface area contributed by atoms with Gasteiger partial charge in [0.05, 0.1) is 11.0 Å². The lowest BCUT2D eigenvalue weighted by Gasteiger charge is -2.28. The number of aromatic nitrogens is 1. The zero-order valence-electron chi connectivity index (χ0n) is 10.4. The van der Waals surface area contributed by atoms with Gasteiger partial charge in [-0.2, -0.15) is 13.2 Å². The summed E-state index contributed by atoms with van der Waals surface area (Å²) in [6.07, 6.45) is -4.13. The van der Waals surface area contributed by atoms with Crippen LogP contribution in [-0.2, 0) is 4.79 Å². The maximum absolute atomic E-state index is 12.8. The molecule has 0 saturated carbocycles. The number of aryl methyl sites for hydroxylation is 1. The Balaban J connectivity index is 3.23. The second kappa shape index (κ2) is 4.94. The van der Waals surface area contributed by atoms with E-state index in [1.807, 2.05) is 0 Å². The van der Waals surface area contributed by atoms with E-state index in [0.29, 0.717) is 6.92 Å². The van der Waals surface area contributed by atoms with Gasteiger partial charge in [0.1, 0.15) is 5.82 Å². The fourth-order valence-electron chi connectivity index (χ4n) is 1.28. The highest BCUT2D eigenvalue weighted by molar-refractivity contribution is 5.83. The van der Waals surface area contributed by atoms with Gasteiger partial charge in [-0.05, 0) is 13.8 Å². The van der Waals surface area contributed by atoms with Gasteiger partial charge in [-0.3, -0.25) is 10.1 Å². The molecular weight excluding hydrogens is 283 g/mol. The summed E-state index contributed by atoms with van der Waals surface area (Å²) in [5.74, 6) is -2.72. The molecule has 7 nitrogen and oxygen atoms in total. The SMILES string of the molecule is Cc1cnc(NC(C)(C(=O)O)C(F)(F)F)cc1[N+](=O)[O-]. The summed E-state index contributed by atoms with van der Waals surface area (Å²) in [6, 6.07) is 0.752. The van der Waals surface area contributed by atoms with E-state index in [0.717, 1.165) is 12.3 Å². The Morgan fingerprint density at radius 3 is 2.45 bits per heavy atom. The predicted octanol–water partition coefficient (Wildman–Crippen LogP) is 2.12. The lowest BCUT2D eigenvalue weighted by molar-refractivity contribution is -0.385. The highest BCUT2D eigenvalue weighted by atomic mass is 19.4. The van der Waals surface area contributed by atoms with Gasteiger partial charge in [0.15, 0.2) is 0 Å². The molecule has 0 radical (unpaired) electrons. The minimum atomic E-state index is -5.11. The number of carboxylic acid groups (broad SMARTS) is 1. The summed E-state index contributed by atoms with van der Waals surface area (Å²) in [5.41, 5.74) is -3.62. The van der Waals surface area contributed by atoms with Crippen molar-refractivity contribution < 1.29 is 28.0 Å². The van der Waals surface area contributed by atoms with Crippen molar-refractivity contribution in [2.24, 2.45) is 0 Å². The van der Waals surface area contributed by atoms with Crippen LogP contribution in [0.3, 0.4) is 0 Å². The van der Waals surface area contributed by atoms with E-state index in [1.165, 1.54) is 6.92 Å². The molecule has 0 amide bonds. The van der Waals surface area contributed by atoms with Crippen LogP contribution in [0.1, 0.15) is 12.5 Å². The molecule has 1 unspecified atom stereocenters. The van der Waals surface area contributed by atoms with Crippen LogP contribution in [0, 0.1) is 17.0 Å². The Morgan fingerprint density at radius 1 is 1.50 bits per heavy atom. The molecule has 0 saturated heterocycles. The minimum Gasteiger partial charge on any atom is -0.479 e. The minimum absolute atomic E-state index is 0.143. The van der Waals surface area contributed by atoms with E-state index < -0.39 is 34.1 Å². The number of pyridine rings is 1. The molecule has 110 valence electrons. The number of aliphatic carboxylic acids is 1. The Labute approximate surface area is 110 Å². The van der Waals surface area contributed by atoms with E-state index in [2.05, 4.69) is 4.98 Å². The molecule has 0 aromatic carbocycles. The molecule has 1 rings (SSSR count). The van der Waals surface area contributed by atoms with Gasteiger partial charge in [-0.1, -0.05) is 0 Å². The highest BCUT2D eigenvalue weighted by Crippen LogP contribution is 2.34. The van der Waals surface area contributed by atoms with E-state index >= 15 is 0 Å². The Kier molecular flexibility index (Phi) is 3.87. The number of carboxylic acids is 1. The molecule has 0 aliphatic rings. The van der Waals surface area contributed by atoms with Gasteiger partial charge < -0.3 is 10.4 Å². The zero-order chi connectivity index (χ0) is 15.7. The van der Waals surface area contributed by atoms with Crippen molar-refractivity contribution in [3.05, 3.63) is 27.9 Å². The number of carbonyl (C=O) groups is 1. The van der Waals surface area contributed by atoms with Gasteiger partial charge in [0.2, 0.25) is 5.54 Å². The van der Waals surface area contributed by atoms with E-state index in [1.54, 1.807) is 5.32 Å². The standard InChI is InChI=1S/C10H10F3N3O4/c1-5-4-14-7(3-6(5)16(19)20)15-9(2,8(17)18)10(11,12)13/h3-4H,1-2H3,(H,14,15)(H,17,18).